The van der Waals surface area contributed by atoms with Crippen LogP contribution >= 0.6 is 0 Å². The zero-order chi connectivity index (χ0) is 15.3. The van der Waals surface area contributed by atoms with Crippen LogP contribution in [-0.2, 0) is 18.8 Å². The van der Waals surface area contributed by atoms with Gasteiger partial charge in [0.1, 0.15) is 0 Å². The van der Waals surface area contributed by atoms with E-state index in [-0.39, 0.29) is 0 Å². The summed E-state index contributed by atoms with van der Waals surface area (Å²) in [6, 6.07) is 15.8. The minimum atomic E-state index is -3.66. The molecule has 0 spiro atoms. The van der Waals surface area contributed by atoms with Gasteiger partial charge in [-0.3, -0.25) is 8.37 Å². The molecule has 21 heavy (non-hydrogen) atoms. The van der Waals surface area contributed by atoms with Crippen LogP contribution in [0.15, 0.2) is 48.5 Å². The SMILES string of the molecule is COS(=O)(=O)OC.c1ccc2nc3ccccc3nc2c1. The zero-order valence-electron chi connectivity index (χ0n) is 11.6. The Morgan fingerprint density at radius 1 is 0.714 bits per heavy atom. The molecule has 0 unspecified atom stereocenters. The molecule has 0 atom stereocenters. The van der Waals surface area contributed by atoms with Crippen molar-refractivity contribution < 1.29 is 16.8 Å². The Morgan fingerprint density at radius 3 is 1.19 bits per heavy atom. The Morgan fingerprint density at radius 2 is 1.00 bits per heavy atom. The van der Waals surface area contributed by atoms with Crippen molar-refractivity contribution in [2.75, 3.05) is 14.2 Å². The van der Waals surface area contributed by atoms with Crippen LogP contribution in [0, 0.1) is 0 Å². The maximum atomic E-state index is 9.92. The topological polar surface area (TPSA) is 78.4 Å². The molecule has 1 heterocycles. The Kier molecular flexibility index (Phi) is 4.79. The first-order valence-corrected chi connectivity index (χ1v) is 7.37. The molecule has 0 fully saturated rings. The number of fused-ring (bicyclic) bond motifs is 2. The van der Waals surface area contributed by atoms with Crippen molar-refractivity contribution in [1.82, 2.24) is 9.97 Å². The molecule has 0 aliphatic heterocycles. The Hall–Kier alpha value is -2.09. The molecule has 110 valence electrons. The average Bonchev–Trinajstić information content (AvgIpc) is 2.53. The maximum Gasteiger partial charge on any atom is 0.399 e. The standard InChI is InChI=1S/C12H8N2.C2H6O4S/c1-2-6-10-9(5-1)13-11-7-3-4-8-12(11)14-10;1-5-7(3,4)6-2/h1-8H;1-2H3. The summed E-state index contributed by atoms with van der Waals surface area (Å²) in [5, 5.41) is 0. The van der Waals surface area contributed by atoms with Crippen molar-refractivity contribution >= 4 is 32.5 Å². The van der Waals surface area contributed by atoms with E-state index >= 15 is 0 Å². The Labute approximate surface area is 122 Å². The number of para-hydroxylation sites is 4. The van der Waals surface area contributed by atoms with Gasteiger partial charge >= 0.3 is 10.4 Å². The number of nitrogens with zero attached hydrogens (tertiary/aromatic N) is 2. The van der Waals surface area contributed by atoms with Crippen molar-refractivity contribution in [2.45, 2.75) is 0 Å². The fourth-order valence-electron chi connectivity index (χ4n) is 1.63. The van der Waals surface area contributed by atoms with Crippen molar-refractivity contribution in [3.63, 3.8) is 0 Å². The van der Waals surface area contributed by atoms with Crippen LogP contribution < -0.4 is 0 Å². The highest BCUT2D eigenvalue weighted by molar-refractivity contribution is 7.81. The molecule has 0 saturated heterocycles. The van der Waals surface area contributed by atoms with Crippen LogP contribution in [0.4, 0.5) is 0 Å². The van der Waals surface area contributed by atoms with Gasteiger partial charge in [0.2, 0.25) is 0 Å². The van der Waals surface area contributed by atoms with Gasteiger partial charge in [-0.1, -0.05) is 24.3 Å². The number of aromatic nitrogens is 2. The third-order valence-corrected chi connectivity index (χ3v) is 3.47. The van der Waals surface area contributed by atoms with Crippen LogP contribution in [0.3, 0.4) is 0 Å². The Balaban J connectivity index is 0.000000199. The van der Waals surface area contributed by atoms with Gasteiger partial charge in [0.15, 0.2) is 0 Å². The fourth-order valence-corrected chi connectivity index (χ4v) is 1.77. The lowest BCUT2D eigenvalue weighted by atomic mass is 10.2. The van der Waals surface area contributed by atoms with Crippen LogP contribution in [0.1, 0.15) is 0 Å². The molecule has 3 aromatic rings. The smallest absolute Gasteiger partial charge is 0.252 e. The van der Waals surface area contributed by atoms with Gasteiger partial charge in [-0.15, -0.1) is 0 Å². The monoisotopic (exact) mass is 306 g/mol. The van der Waals surface area contributed by atoms with E-state index in [4.69, 9.17) is 0 Å². The first-order chi connectivity index (χ1) is 10.1. The number of hydrogen-bond acceptors (Lipinski definition) is 6. The minimum Gasteiger partial charge on any atom is -0.252 e. The van der Waals surface area contributed by atoms with Crippen LogP contribution in [-0.4, -0.2) is 32.6 Å². The van der Waals surface area contributed by atoms with Crippen LogP contribution in [0.2, 0.25) is 0 Å². The third-order valence-electron chi connectivity index (χ3n) is 2.65. The second-order valence-electron chi connectivity index (χ2n) is 3.94. The maximum absolute atomic E-state index is 9.92. The van der Waals surface area contributed by atoms with Crippen molar-refractivity contribution in [3.05, 3.63) is 48.5 Å². The van der Waals surface area contributed by atoms with Gasteiger partial charge < -0.3 is 0 Å². The van der Waals surface area contributed by atoms with Crippen molar-refractivity contribution in [2.24, 2.45) is 0 Å². The molecule has 2 aromatic carbocycles. The highest BCUT2D eigenvalue weighted by atomic mass is 32.3. The van der Waals surface area contributed by atoms with E-state index in [2.05, 4.69) is 18.3 Å². The van der Waals surface area contributed by atoms with Gasteiger partial charge in [-0.25, -0.2) is 9.97 Å². The quantitative estimate of drug-likeness (QED) is 0.676. The number of rotatable bonds is 2. The summed E-state index contributed by atoms with van der Waals surface area (Å²) in [5.41, 5.74) is 3.80. The summed E-state index contributed by atoms with van der Waals surface area (Å²) in [6.07, 6.45) is 0. The number of benzene rings is 2. The molecule has 0 N–H and O–H groups in total. The molecule has 1 aromatic heterocycles. The number of hydrogen-bond donors (Lipinski definition) is 0. The van der Waals surface area contributed by atoms with Crippen LogP contribution in [0.5, 0.6) is 0 Å². The van der Waals surface area contributed by atoms with Gasteiger partial charge in [-0.05, 0) is 24.3 Å². The lowest BCUT2D eigenvalue weighted by Gasteiger charge is -1.98. The van der Waals surface area contributed by atoms with E-state index in [1.54, 1.807) is 0 Å². The van der Waals surface area contributed by atoms with E-state index in [0.29, 0.717) is 0 Å². The lowest BCUT2D eigenvalue weighted by Crippen LogP contribution is -2.02. The largest absolute Gasteiger partial charge is 0.399 e. The van der Waals surface area contributed by atoms with E-state index in [1.807, 2.05) is 48.5 Å². The molecule has 0 aliphatic carbocycles. The molecule has 0 radical (unpaired) electrons. The molecule has 0 bridgehead atoms. The molecular formula is C14H14N2O4S. The second kappa shape index (κ2) is 6.57. The summed E-state index contributed by atoms with van der Waals surface area (Å²) >= 11 is 0. The summed E-state index contributed by atoms with van der Waals surface area (Å²) < 4.78 is 27.5. The highest BCUT2D eigenvalue weighted by Crippen LogP contribution is 2.14. The molecular weight excluding hydrogens is 292 g/mol. The van der Waals surface area contributed by atoms with Crippen LogP contribution in [0.25, 0.3) is 22.1 Å². The molecule has 3 rings (SSSR count). The molecule has 0 aliphatic rings. The zero-order valence-corrected chi connectivity index (χ0v) is 12.4. The molecule has 0 amide bonds. The van der Waals surface area contributed by atoms with E-state index in [0.717, 1.165) is 36.3 Å². The molecule has 0 saturated carbocycles. The van der Waals surface area contributed by atoms with Gasteiger partial charge in [0.05, 0.1) is 36.3 Å². The summed E-state index contributed by atoms with van der Waals surface area (Å²) in [6.45, 7) is 0. The predicted octanol–water partition coefficient (Wildman–Crippen LogP) is 2.31. The average molecular weight is 306 g/mol. The lowest BCUT2D eigenvalue weighted by molar-refractivity contribution is 0.286. The third kappa shape index (κ3) is 3.94. The van der Waals surface area contributed by atoms with Gasteiger partial charge in [-0.2, -0.15) is 8.42 Å². The van der Waals surface area contributed by atoms with Crippen molar-refractivity contribution in [3.8, 4) is 0 Å². The molecule has 7 heteroatoms. The first kappa shape index (κ1) is 15.3. The Bertz CT molecular complexity index is 735. The van der Waals surface area contributed by atoms with E-state index in [1.165, 1.54) is 0 Å². The highest BCUT2D eigenvalue weighted by Gasteiger charge is 2.01. The van der Waals surface area contributed by atoms with Gasteiger partial charge in [0.25, 0.3) is 0 Å². The first-order valence-electron chi connectivity index (χ1n) is 6.03. The van der Waals surface area contributed by atoms with E-state index < -0.39 is 10.4 Å². The summed E-state index contributed by atoms with van der Waals surface area (Å²) in [5.74, 6) is 0. The molecule has 6 nitrogen and oxygen atoms in total. The summed E-state index contributed by atoms with van der Waals surface area (Å²) in [7, 11) is -1.60. The predicted molar refractivity (Wildman–Crippen MR) is 80.0 cm³/mol. The van der Waals surface area contributed by atoms with Gasteiger partial charge in [0, 0.05) is 0 Å². The fraction of sp³-hybridized carbons (Fsp3) is 0.143. The normalized spacial score (nSPS) is 11.1. The summed E-state index contributed by atoms with van der Waals surface area (Å²) in [4.78, 5) is 9.03. The minimum absolute atomic E-state index is 0.950. The van der Waals surface area contributed by atoms with Crippen molar-refractivity contribution in [1.29, 1.82) is 0 Å². The van der Waals surface area contributed by atoms with E-state index in [9.17, 15) is 8.42 Å². The second-order valence-corrected chi connectivity index (χ2v) is 5.43.